The Kier molecular flexibility index (Phi) is 6.00. The van der Waals surface area contributed by atoms with Gasteiger partial charge in [0.15, 0.2) is 0 Å². The minimum absolute atomic E-state index is 0.126. The Morgan fingerprint density at radius 1 is 1.03 bits per heavy atom. The van der Waals surface area contributed by atoms with Crippen molar-refractivity contribution in [2.75, 3.05) is 6.61 Å². The van der Waals surface area contributed by atoms with Crippen LogP contribution in [0.4, 0.5) is 0 Å². The van der Waals surface area contributed by atoms with E-state index >= 15 is 0 Å². The number of nitrogens with zero attached hydrogens (tertiary/aromatic N) is 2. The van der Waals surface area contributed by atoms with Gasteiger partial charge in [0.1, 0.15) is 18.2 Å². The number of carbonyl (C=O) groups is 1. The molecule has 0 radical (unpaired) electrons. The molecule has 0 aliphatic heterocycles. The van der Waals surface area contributed by atoms with Crippen molar-refractivity contribution in [3.05, 3.63) is 95.3 Å². The van der Waals surface area contributed by atoms with Gasteiger partial charge in [-0.05, 0) is 55.5 Å². The van der Waals surface area contributed by atoms with Crippen LogP contribution < -0.4 is 10.1 Å². The highest BCUT2D eigenvalue weighted by atomic mass is 35.5. The number of nitrogens with one attached hydrogen (secondary N) is 1. The van der Waals surface area contributed by atoms with E-state index in [9.17, 15) is 4.79 Å². The number of carbonyl (C=O) groups excluding carboxylic acids is 1. The summed E-state index contributed by atoms with van der Waals surface area (Å²) >= 11 is 5.93. The van der Waals surface area contributed by atoms with Crippen LogP contribution in [0.3, 0.4) is 0 Å². The minimum atomic E-state index is -0.263. The second-order valence-electron chi connectivity index (χ2n) is 6.97. The lowest BCUT2D eigenvalue weighted by molar-refractivity contribution is 0.0937. The first-order valence-electron chi connectivity index (χ1n) is 9.81. The standard InChI is InChI=1S/C24H22ClN3O2/c1-17(26-24(29)18-7-3-2-4-8-18)23-27-21-9-5-6-10-22(21)28(23)15-16-30-20-13-11-19(25)12-14-20/h2-14,17H,15-16H2,1H3,(H,26,29). The maximum Gasteiger partial charge on any atom is 0.251 e. The van der Waals surface area contributed by atoms with Gasteiger partial charge in [-0.15, -0.1) is 0 Å². The summed E-state index contributed by atoms with van der Waals surface area (Å²) in [7, 11) is 0. The predicted molar refractivity (Wildman–Crippen MR) is 119 cm³/mol. The van der Waals surface area contributed by atoms with Crippen LogP contribution in [0.5, 0.6) is 5.75 Å². The molecule has 3 aromatic carbocycles. The third-order valence-electron chi connectivity index (χ3n) is 4.85. The second-order valence-corrected chi connectivity index (χ2v) is 7.41. The smallest absolute Gasteiger partial charge is 0.251 e. The number of halogens is 1. The molecule has 0 aliphatic carbocycles. The lowest BCUT2D eigenvalue weighted by Crippen LogP contribution is -2.29. The van der Waals surface area contributed by atoms with E-state index in [0.717, 1.165) is 22.6 Å². The Morgan fingerprint density at radius 2 is 1.73 bits per heavy atom. The van der Waals surface area contributed by atoms with Crippen molar-refractivity contribution < 1.29 is 9.53 Å². The molecule has 30 heavy (non-hydrogen) atoms. The second kappa shape index (κ2) is 9.01. The van der Waals surface area contributed by atoms with Gasteiger partial charge in [-0.2, -0.15) is 0 Å². The van der Waals surface area contributed by atoms with Crippen molar-refractivity contribution in [1.29, 1.82) is 0 Å². The maximum absolute atomic E-state index is 12.6. The highest BCUT2D eigenvalue weighted by Crippen LogP contribution is 2.22. The molecule has 1 N–H and O–H groups in total. The van der Waals surface area contributed by atoms with Crippen LogP contribution in [0.15, 0.2) is 78.9 Å². The number of hydrogen-bond acceptors (Lipinski definition) is 3. The average molecular weight is 420 g/mol. The fraction of sp³-hybridized carbons (Fsp3) is 0.167. The van der Waals surface area contributed by atoms with Crippen molar-refractivity contribution in [1.82, 2.24) is 14.9 Å². The van der Waals surface area contributed by atoms with Crippen molar-refractivity contribution in [2.45, 2.75) is 19.5 Å². The fourth-order valence-electron chi connectivity index (χ4n) is 3.38. The summed E-state index contributed by atoms with van der Waals surface area (Å²) in [5.74, 6) is 1.43. The molecule has 1 amide bonds. The van der Waals surface area contributed by atoms with Gasteiger partial charge in [-0.25, -0.2) is 4.98 Å². The van der Waals surface area contributed by atoms with E-state index in [0.29, 0.717) is 23.7 Å². The molecule has 1 unspecified atom stereocenters. The van der Waals surface area contributed by atoms with Gasteiger partial charge in [-0.1, -0.05) is 41.9 Å². The zero-order valence-electron chi connectivity index (χ0n) is 16.6. The first-order valence-corrected chi connectivity index (χ1v) is 10.2. The number of rotatable bonds is 7. The van der Waals surface area contributed by atoms with Crippen LogP contribution >= 0.6 is 11.6 Å². The average Bonchev–Trinajstić information content (AvgIpc) is 3.14. The van der Waals surface area contributed by atoms with E-state index < -0.39 is 0 Å². The third kappa shape index (κ3) is 4.47. The molecule has 0 fully saturated rings. The summed E-state index contributed by atoms with van der Waals surface area (Å²) in [6.07, 6.45) is 0. The van der Waals surface area contributed by atoms with Gasteiger partial charge >= 0.3 is 0 Å². The Balaban J connectivity index is 1.53. The lowest BCUT2D eigenvalue weighted by atomic mass is 10.2. The van der Waals surface area contributed by atoms with E-state index in [1.807, 2.05) is 61.5 Å². The summed E-state index contributed by atoms with van der Waals surface area (Å²) in [6, 6.07) is 24.2. The Labute approximate surface area is 180 Å². The molecule has 0 bridgehead atoms. The number of hydrogen-bond donors (Lipinski definition) is 1. The molecular weight excluding hydrogens is 398 g/mol. The van der Waals surface area contributed by atoms with Crippen LogP contribution in [0, 0.1) is 0 Å². The van der Waals surface area contributed by atoms with E-state index in [4.69, 9.17) is 21.3 Å². The van der Waals surface area contributed by atoms with Crippen molar-refractivity contribution in [2.24, 2.45) is 0 Å². The monoisotopic (exact) mass is 419 g/mol. The summed E-state index contributed by atoms with van der Waals surface area (Å²) in [5.41, 5.74) is 2.52. The normalized spacial score (nSPS) is 11.9. The van der Waals surface area contributed by atoms with Crippen LogP contribution in [0.25, 0.3) is 11.0 Å². The van der Waals surface area contributed by atoms with Gasteiger partial charge in [-0.3, -0.25) is 4.79 Å². The molecule has 5 nitrogen and oxygen atoms in total. The van der Waals surface area contributed by atoms with Crippen LogP contribution in [0.1, 0.15) is 29.1 Å². The molecule has 152 valence electrons. The zero-order chi connectivity index (χ0) is 20.9. The molecule has 4 rings (SSSR count). The quantitative estimate of drug-likeness (QED) is 0.444. The summed E-state index contributed by atoms with van der Waals surface area (Å²) in [6.45, 7) is 3.01. The first kappa shape index (κ1) is 20.0. The number of benzene rings is 3. The van der Waals surface area contributed by atoms with Gasteiger partial charge in [0.2, 0.25) is 0 Å². The number of aromatic nitrogens is 2. The van der Waals surface area contributed by atoms with Crippen molar-refractivity contribution in [3.63, 3.8) is 0 Å². The largest absolute Gasteiger partial charge is 0.492 e. The first-order chi connectivity index (χ1) is 14.6. The number of imidazole rings is 1. The van der Waals surface area contributed by atoms with E-state index in [2.05, 4.69) is 9.88 Å². The van der Waals surface area contributed by atoms with Crippen molar-refractivity contribution >= 4 is 28.5 Å². The van der Waals surface area contributed by atoms with Gasteiger partial charge < -0.3 is 14.6 Å². The zero-order valence-corrected chi connectivity index (χ0v) is 17.3. The number of fused-ring (bicyclic) bond motifs is 1. The summed E-state index contributed by atoms with van der Waals surface area (Å²) in [5, 5.41) is 3.72. The van der Waals surface area contributed by atoms with E-state index in [1.165, 1.54) is 0 Å². The third-order valence-corrected chi connectivity index (χ3v) is 5.10. The number of para-hydroxylation sites is 2. The molecule has 1 atom stereocenters. The van der Waals surface area contributed by atoms with E-state index in [-0.39, 0.29) is 11.9 Å². The Morgan fingerprint density at radius 3 is 2.50 bits per heavy atom. The minimum Gasteiger partial charge on any atom is -0.492 e. The molecule has 4 aromatic rings. The molecule has 1 heterocycles. The molecular formula is C24H22ClN3O2. The van der Waals surface area contributed by atoms with Gasteiger partial charge in [0, 0.05) is 10.6 Å². The Bertz CT molecular complexity index is 1140. The molecule has 0 aliphatic rings. The molecule has 1 aromatic heterocycles. The number of amides is 1. The molecule has 0 saturated carbocycles. The summed E-state index contributed by atoms with van der Waals surface area (Å²) in [4.78, 5) is 17.4. The number of ether oxygens (including phenoxy) is 1. The Hall–Kier alpha value is -3.31. The molecule has 6 heteroatoms. The fourth-order valence-corrected chi connectivity index (χ4v) is 3.51. The topological polar surface area (TPSA) is 56.2 Å². The van der Waals surface area contributed by atoms with Gasteiger partial charge in [0.05, 0.1) is 23.6 Å². The summed E-state index contributed by atoms with van der Waals surface area (Å²) < 4.78 is 7.97. The van der Waals surface area contributed by atoms with Crippen LogP contribution in [-0.2, 0) is 6.54 Å². The van der Waals surface area contributed by atoms with Crippen LogP contribution in [0.2, 0.25) is 5.02 Å². The SMILES string of the molecule is CC(NC(=O)c1ccccc1)c1nc2ccccc2n1CCOc1ccc(Cl)cc1. The van der Waals surface area contributed by atoms with Crippen molar-refractivity contribution in [3.8, 4) is 5.75 Å². The maximum atomic E-state index is 12.6. The van der Waals surface area contributed by atoms with E-state index in [1.54, 1.807) is 24.3 Å². The van der Waals surface area contributed by atoms with Gasteiger partial charge in [0.25, 0.3) is 5.91 Å². The highest BCUT2D eigenvalue weighted by Gasteiger charge is 2.19. The van der Waals surface area contributed by atoms with Crippen LogP contribution in [-0.4, -0.2) is 22.1 Å². The highest BCUT2D eigenvalue weighted by molar-refractivity contribution is 6.30. The molecule has 0 saturated heterocycles. The molecule has 0 spiro atoms. The lowest BCUT2D eigenvalue weighted by Gasteiger charge is -2.17. The predicted octanol–water partition coefficient (Wildman–Crippen LogP) is 5.26.